The number of pyridine rings is 1. The Morgan fingerprint density at radius 1 is 1.24 bits per heavy atom. The Hall–Kier alpha value is -2.01. The zero-order valence-electron chi connectivity index (χ0n) is 12.3. The summed E-state index contributed by atoms with van der Waals surface area (Å²) in [5.74, 6) is -1.03. The van der Waals surface area contributed by atoms with E-state index in [9.17, 15) is 4.79 Å². The monoisotopic (exact) mass is 302 g/mol. The smallest absolute Gasteiger partial charge is 0.337 e. The quantitative estimate of drug-likeness (QED) is 0.901. The van der Waals surface area contributed by atoms with Gasteiger partial charge in [-0.3, -0.25) is 0 Å². The van der Waals surface area contributed by atoms with Crippen LogP contribution in [-0.2, 0) is 5.41 Å². The van der Waals surface area contributed by atoms with Crippen LogP contribution < -0.4 is 5.73 Å². The molecule has 0 aliphatic heterocycles. The number of nitrogens with zero attached hydrogens (tertiary/aromatic N) is 1. The first-order valence-electron chi connectivity index (χ1n) is 6.54. The molecule has 110 valence electrons. The second-order valence-corrected chi connectivity index (χ2v) is 6.86. The van der Waals surface area contributed by atoms with Gasteiger partial charge in [0.1, 0.15) is 5.03 Å². The zero-order valence-corrected chi connectivity index (χ0v) is 13.1. The molecule has 0 spiro atoms. The van der Waals surface area contributed by atoms with Gasteiger partial charge < -0.3 is 10.8 Å². The first kappa shape index (κ1) is 15.4. The van der Waals surface area contributed by atoms with Crippen molar-refractivity contribution in [2.75, 3.05) is 5.73 Å². The van der Waals surface area contributed by atoms with E-state index >= 15 is 0 Å². The minimum atomic E-state index is -1.03. The molecule has 0 aliphatic rings. The SMILES string of the molecule is CC(C)(C)c1ccc(Sc2ncc(C(=O)O)cc2N)cc1. The molecule has 4 nitrogen and oxygen atoms in total. The summed E-state index contributed by atoms with van der Waals surface area (Å²) in [7, 11) is 0. The molecule has 0 atom stereocenters. The van der Waals surface area contributed by atoms with E-state index in [0.29, 0.717) is 10.7 Å². The summed E-state index contributed by atoms with van der Waals surface area (Å²) in [6.07, 6.45) is 1.32. The molecular formula is C16H18N2O2S. The van der Waals surface area contributed by atoms with E-state index in [1.807, 2.05) is 12.1 Å². The van der Waals surface area contributed by atoms with Crippen molar-refractivity contribution in [3.05, 3.63) is 47.7 Å². The highest BCUT2D eigenvalue weighted by atomic mass is 32.2. The van der Waals surface area contributed by atoms with Gasteiger partial charge in [0.2, 0.25) is 0 Å². The van der Waals surface area contributed by atoms with Crippen molar-refractivity contribution in [3.8, 4) is 0 Å². The van der Waals surface area contributed by atoms with Crippen molar-refractivity contribution in [2.45, 2.75) is 36.1 Å². The summed E-state index contributed by atoms with van der Waals surface area (Å²) in [4.78, 5) is 16.0. The highest BCUT2D eigenvalue weighted by Gasteiger charge is 2.14. The third kappa shape index (κ3) is 3.76. The number of aromatic carboxylic acids is 1. The second kappa shape index (κ2) is 5.77. The molecule has 2 rings (SSSR count). The van der Waals surface area contributed by atoms with Crippen molar-refractivity contribution in [3.63, 3.8) is 0 Å². The van der Waals surface area contributed by atoms with Gasteiger partial charge in [-0.1, -0.05) is 44.7 Å². The van der Waals surface area contributed by atoms with Gasteiger partial charge in [-0.05, 0) is 29.2 Å². The second-order valence-electron chi connectivity index (χ2n) is 5.80. The molecule has 5 heteroatoms. The number of hydrogen-bond acceptors (Lipinski definition) is 4. The van der Waals surface area contributed by atoms with Crippen LogP contribution in [-0.4, -0.2) is 16.1 Å². The van der Waals surface area contributed by atoms with Gasteiger partial charge in [0.15, 0.2) is 0 Å². The van der Waals surface area contributed by atoms with Crippen LogP contribution in [0.25, 0.3) is 0 Å². The predicted molar refractivity (Wildman–Crippen MR) is 84.9 cm³/mol. The lowest BCUT2D eigenvalue weighted by Gasteiger charge is -2.19. The van der Waals surface area contributed by atoms with Crippen molar-refractivity contribution >= 4 is 23.4 Å². The van der Waals surface area contributed by atoms with E-state index in [0.717, 1.165) is 4.90 Å². The fraction of sp³-hybridized carbons (Fsp3) is 0.250. The average Bonchev–Trinajstić information content (AvgIpc) is 2.40. The summed E-state index contributed by atoms with van der Waals surface area (Å²) < 4.78 is 0. The summed E-state index contributed by atoms with van der Waals surface area (Å²) >= 11 is 1.42. The summed E-state index contributed by atoms with van der Waals surface area (Å²) in [5, 5.41) is 9.51. The molecule has 2 aromatic rings. The number of carboxylic acids is 1. The van der Waals surface area contributed by atoms with Gasteiger partial charge in [0.25, 0.3) is 0 Å². The molecular weight excluding hydrogens is 284 g/mol. The van der Waals surface area contributed by atoms with Crippen LogP contribution in [0.15, 0.2) is 46.5 Å². The highest BCUT2D eigenvalue weighted by Crippen LogP contribution is 2.32. The summed E-state index contributed by atoms with van der Waals surface area (Å²) in [6, 6.07) is 9.66. The lowest BCUT2D eigenvalue weighted by molar-refractivity contribution is 0.0696. The highest BCUT2D eigenvalue weighted by molar-refractivity contribution is 7.99. The van der Waals surface area contributed by atoms with E-state index in [4.69, 9.17) is 10.8 Å². The Kier molecular flexibility index (Phi) is 4.23. The fourth-order valence-corrected chi connectivity index (χ4v) is 2.58. The van der Waals surface area contributed by atoms with Crippen LogP contribution >= 0.6 is 11.8 Å². The number of nitrogens with two attached hydrogens (primary N) is 1. The molecule has 0 saturated heterocycles. The Morgan fingerprint density at radius 2 is 1.86 bits per heavy atom. The van der Waals surface area contributed by atoms with E-state index in [2.05, 4.69) is 37.9 Å². The van der Waals surface area contributed by atoms with Gasteiger partial charge in [-0.15, -0.1) is 0 Å². The van der Waals surface area contributed by atoms with Gasteiger partial charge in [-0.2, -0.15) is 0 Å². The third-order valence-corrected chi connectivity index (χ3v) is 4.10. The molecule has 0 unspecified atom stereocenters. The topological polar surface area (TPSA) is 76.2 Å². The van der Waals surface area contributed by atoms with E-state index in [-0.39, 0.29) is 11.0 Å². The first-order valence-corrected chi connectivity index (χ1v) is 7.36. The minimum absolute atomic E-state index is 0.0972. The van der Waals surface area contributed by atoms with Gasteiger partial charge in [-0.25, -0.2) is 9.78 Å². The van der Waals surface area contributed by atoms with Crippen LogP contribution in [0.2, 0.25) is 0 Å². The molecule has 0 fully saturated rings. The Bertz CT molecular complexity index is 661. The molecule has 21 heavy (non-hydrogen) atoms. The largest absolute Gasteiger partial charge is 0.478 e. The lowest BCUT2D eigenvalue weighted by atomic mass is 9.87. The van der Waals surface area contributed by atoms with E-state index in [1.165, 1.54) is 29.6 Å². The minimum Gasteiger partial charge on any atom is -0.478 e. The zero-order chi connectivity index (χ0) is 15.6. The van der Waals surface area contributed by atoms with Crippen LogP contribution in [0.3, 0.4) is 0 Å². The number of carboxylic acid groups (broad SMARTS) is 1. The molecule has 3 N–H and O–H groups in total. The van der Waals surface area contributed by atoms with Crippen LogP contribution in [0.5, 0.6) is 0 Å². The van der Waals surface area contributed by atoms with E-state index in [1.54, 1.807) is 0 Å². The first-order chi connectivity index (χ1) is 9.77. The molecule has 1 heterocycles. The Morgan fingerprint density at radius 3 is 2.33 bits per heavy atom. The molecule has 0 amide bonds. The number of carbonyl (C=O) groups is 1. The van der Waals surface area contributed by atoms with E-state index < -0.39 is 5.97 Å². The van der Waals surface area contributed by atoms with Gasteiger partial charge in [0, 0.05) is 11.1 Å². The molecule has 0 saturated carbocycles. The maximum absolute atomic E-state index is 10.9. The Labute approximate surface area is 128 Å². The average molecular weight is 302 g/mol. The molecule has 0 bridgehead atoms. The maximum Gasteiger partial charge on any atom is 0.337 e. The maximum atomic E-state index is 10.9. The number of anilines is 1. The summed E-state index contributed by atoms with van der Waals surface area (Å²) in [5.41, 5.74) is 7.70. The number of benzene rings is 1. The normalized spacial score (nSPS) is 11.4. The molecule has 1 aromatic heterocycles. The predicted octanol–water partition coefficient (Wildman–Crippen LogP) is 3.81. The van der Waals surface area contributed by atoms with Gasteiger partial charge >= 0.3 is 5.97 Å². The Balaban J connectivity index is 2.20. The van der Waals surface area contributed by atoms with Crippen molar-refractivity contribution in [1.82, 2.24) is 4.98 Å². The molecule has 0 radical (unpaired) electrons. The van der Waals surface area contributed by atoms with Crippen LogP contribution in [0.1, 0.15) is 36.7 Å². The fourth-order valence-electron chi connectivity index (χ4n) is 1.81. The van der Waals surface area contributed by atoms with Crippen LogP contribution in [0.4, 0.5) is 5.69 Å². The molecule has 1 aromatic carbocycles. The van der Waals surface area contributed by atoms with Crippen molar-refractivity contribution in [1.29, 1.82) is 0 Å². The van der Waals surface area contributed by atoms with Gasteiger partial charge in [0.05, 0.1) is 11.3 Å². The van der Waals surface area contributed by atoms with Crippen LogP contribution in [0, 0.1) is 0 Å². The number of aromatic nitrogens is 1. The lowest BCUT2D eigenvalue weighted by Crippen LogP contribution is -2.10. The number of hydrogen-bond donors (Lipinski definition) is 2. The van der Waals surface area contributed by atoms with Crippen molar-refractivity contribution in [2.24, 2.45) is 0 Å². The van der Waals surface area contributed by atoms with Crippen molar-refractivity contribution < 1.29 is 9.90 Å². The third-order valence-electron chi connectivity index (χ3n) is 3.06. The number of rotatable bonds is 3. The molecule has 0 aliphatic carbocycles. The standard InChI is InChI=1S/C16H18N2O2S/c1-16(2,3)11-4-6-12(7-5-11)21-14-13(17)8-10(9-18-14)15(19)20/h4-9H,17H2,1-3H3,(H,19,20). The number of nitrogen functional groups attached to an aromatic ring is 1. The summed E-state index contributed by atoms with van der Waals surface area (Å²) in [6.45, 7) is 6.50.